The first kappa shape index (κ1) is 35.0. The first-order valence-corrected chi connectivity index (χ1v) is 23.3. The molecule has 2 radical (unpaired) electrons. The summed E-state index contributed by atoms with van der Waals surface area (Å²) in [5, 5.41) is 5.68. The molecular weight excluding hydrogens is 671 g/mol. The molecule has 6 rings (SSSR count). The number of benzene rings is 4. The molecule has 0 saturated heterocycles. The van der Waals surface area contributed by atoms with Crippen molar-refractivity contribution >= 4 is 47.7 Å². The van der Waals surface area contributed by atoms with E-state index in [0.29, 0.717) is 11.8 Å². The van der Waals surface area contributed by atoms with E-state index in [0.717, 1.165) is 15.9 Å². The van der Waals surface area contributed by atoms with Crippen molar-refractivity contribution in [1.29, 1.82) is 0 Å². The van der Waals surface area contributed by atoms with Crippen LogP contribution in [-0.2, 0) is 33.7 Å². The molecule has 0 spiro atoms. The molecule has 1 aliphatic heterocycles. The quantitative estimate of drug-likeness (QED) is 0.109. The smallest absolute Gasteiger partial charge is 0.0920 e. The Morgan fingerprint density at radius 1 is 0.795 bits per heavy atom. The fourth-order valence-electron chi connectivity index (χ4n) is 5.95. The standard InChI is InChI=1S/C28H37.C12H7Si.2ClH.Zr/c1-7-9-11-21-14-23-13-12-22(10-8-2)28(27(23)15-21)26-17-24(19(3)4)16-25(18-26)20(5)6;1-3-7-11-9(5-1)10-6-2-4-8-12(10)13-11;;;/h12-20H,7-11H2,1-6H3;1-7H;2*1H;/q2*-1;;;+4/p-2. The van der Waals surface area contributed by atoms with E-state index in [1.54, 1.807) is 0 Å². The van der Waals surface area contributed by atoms with Crippen LogP contribution in [0.15, 0.2) is 84.9 Å². The van der Waals surface area contributed by atoms with E-state index in [4.69, 9.17) is 17.0 Å². The minimum Gasteiger partial charge on any atom is -0.184 e. The Morgan fingerprint density at radius 2 is 1.48 bits per heavy atom. The minimum absolute atomic E-state index is 0.547. The van der Waals surface area contributed by atoms with E-state index in [9.17, 15) is 0 Å². The van der Waals surface area contributed by atoms with Gasteiger partial charge in [0.25, 0.3) is 0 Å². The average Bonchev–Trinajstić information content (AvgIpc) is 3.61. The van der Waals surface area contributed by atoms with E-state index >= 15 is 0 Å². The molecule has 0 fully saturated rings. The van der Waals surface area contributed by atoms with Crippen LogP contribution in [0.3, 0.4) is 0 Å². The Hall–Kier alpha value is -1.83. The van der Waals surface area contributed by atoms with Crippen LogP contribution in [0.2, 0.25) is 0 Å². The molecule has 0 N–H and O–H groups in total. The second-order valence-corrected chi connectivity index (χ2v) is 17.2. The molecule has 0 unspecified atom stereocenters. The minimum atomic E-state index is -0.826. The number of hydrogen-bond acceptors (Lipinski definition) is 0. The summed E-state index contributed by atoms with van der Waals surface area (Å²) in [6.07, 6.45) is 6.04. The Kier molecular flexibility index (Phi) is 13.7. The number of fused-ring (bicyclic) bond motifs is 4. The summed E-state index contributed by atoms with van der Waals surface area (Å²) in [7, 11) is 10.7. The number of halogens is 2. The van der Waals surface area contributed by atoms with Gasteiger partial charge < -0.3 is 0 Å². The van der Waals surface area contributed by atoms with Gasteiger partial charge >= 0.3 is 37.9 Å². The molecule has 226 valence electrons. The van der Waals surface area contributed by atoms with Crippen LogP contribution in [0.5, 0.6) is 0 Å². The predicted octanol–water partition coefficient (Wildman–Crippen LogP) is 11.3. The maximum absolute atomic E-state index is 4.93. The summed E-state index contributed by atoms with van der Waals surface area (Å²) in [6, 6.07) is 35.1. The average molecular weight is 715 g/mol. The molecule has 0 aromatic heterocycles. The number of unbranched alkanes of at least 4 members (excludes halogenated alkanes) is 1. The fourth-order valence-corrected chi connectivity index (χ4v) is 7.26. The zero-order chi connectivity index (χ0) is 31.6. The Labute approximate surface area is 287 Å². The summed E-state index contributed by atoms with van der Waals surface area (Å²) in [4.78, 5) is 0. The molecule has 1 heterocycles. The summed E-state index contributed by atoms with van der Waals surface area (Å²) in [5.74, 6) is 1.09. The van der Waals surface area contributed by atoms with Crippen LogP contribution in [0.25, 0.3) is 33.0 Å². The second-order valence-electron chi connectivity index (χ2n) is 12.2. The third kappa shape index (κ3) is 8.70. The van der Waals surface area contributed by atoms with Gasteiger partial charge in [-0.15, -0.1) is 40.1 Å². The normalized spacial score (nSPS) is 11.4. The first-order valence-electron chi connectivity index (χ1n) is 16.0. The van der Waals surface area contributed by atoms with Crippen LogP contribution in [0, 0.1) is 6.07 Å². The zero-order valence-electron chi connectivity index (χ0n) is 27.0. The molecule has 0 amide bonds. The van der Waals surface area contributed by atoms with Crippen molar-refractivity contribution < 1.29 is 20.8 Å². The second kappa shape index (κ2) is 17.2. The van der Waals surface area contributed by atoms with Gasteiger partial charge in [-0.25, -0.2) is 0 Å². The number of hydrogen-bond donors (Lipinski definition) is 0. The Morgan fingerprint density at radius 3 is 2.14 bits per heavy atom. The zero-order valence-corrected chi connectivity index (χ0v) is 32.0. The van der Waals surface area contributed by atoms with Crippen molar-refractivity contribution in [3.8, 4) is 22.3 Å². The third-order valence-electron chi connectivity index (χ3n) is 8.31. The van der Waals surface area contributed by atoms with E-state index < -0.39 is 20.8 Å². The molecule has 5 aromatic rings. The maximum Gasteiger partial charge on any atom is 0.0920 e. The van der Waals surface area contributed by atoms with Crippen LogP contribution < -0.4 is 10.4 Å². The van der Waals surface area contributed by atoms with Crippen molar-refractivity contribution in [1.82, 2.24) is 0 Å². The fraction of sp³-hybridized carbons (Fsp3) is 0.325. The summed E-state index contributed by atoms with van der Waals surface area (Å²) >= 11 is -0.826. The topological polar surface area (TPSA) is 0 Å². The van der Waals surface area contributed by atoms with Crippen molar-refractivity contribution in [2.75, 3.05) is 0 Å². The summed E-state index contributed by atoms with van der Waals surface area (Å²) in [6.45, 7) is 13.8. The largest absolute Gasteiger partial charge is 0.184 e. The predicted molar refractivity (Wildman–Crippen MR) is 193 cm³/mol. The monoisotopic (exact) mass is 712 g/mol. The van der Waals surface area contributed by atoms with Gasteiger partial charge in [0.05, 0.1) is 9.52 Å². The van der Waals surface area contributed by atoms with E-state index in [1.165, 1.54) is 91.3 Å². The van der Waals surface area contributed by atoms with Crippen molar-refractivity contribution in [2.45, 2.75) is 85.5 Å². The molecule has 4 heteroatoms. The molecule has 0 aliphatic carbocycles. The van der Waals surface area contributed by atoms with Crippen molar-refractivity contribution in [3.05, 3.63) is 113 Å². The molecule has 0 atom stereocenters. The van der Waals surface area contributed by atoms with E-state index in [1.807, 2.05) is 6.07 Å². The third-order valence-corrected chi connectivity index (χ3v) is 9.68. The molecular formula is C40H44Cl2SiZr. The SMILES string of the molecule is CCCCc1cc2c(-c3cc(C(C)C)cc(C(C)C)c3)c(CCC)ccc2[cH-]1.[Cl][Zr+2][Cl].[c-]1cccc2c1[Si]c1ccccc1-2. The Balaban J connectivity index is 0.000000226. The summed E-state index contributed by atoms with van der Waals surface area (Å²) < 4.78 is 0. The van der Waals surface area contributed by atoms with Crippen molar-refractivity contribution in [3.63, 3.8) is 0 Å². The van der Waals surface area contributed by atoms with Gasteiger partial charge in [-0.2, -0.15) is 35.5 Å². The molecule has 44 heavy (non-hydrogen) atoms. The molecule has 5 aromatic carbocycles. The Bertz CT molecular complexity index is 1580. The van der Waals surface area contributed by atoms with Gasteiger partial charge in [-0.05, 0) is 41.4 Å². The maximum atomic E-state index is 4.93. The van der Waals surface area contributed by atoms with Gasteiger partial charge in [-0.1, -0.05) is 125 Å². The van der Waals surface area contributed by atoms with E-state index in [-0.39, 0.29) is 0 Å². The van der Waals surface area contributed by atoms with Gasteiger partial charge in [0.1, 0.15) is 0 Å². The molecule has 0 bridgehead atoms. The summed E-state index contributed by atoms with van der Waals surface area (Å²) in [5.41, 5.74) is 11.6. The van der Waals surface area contributed by atoms with Crippen LogP contribution >= 0.6 is 17.0 Å². The van der Waals surface area contributed by atoms with E-state index in [2.05, 4.69) is 126 Å². The van der Waals surface area contributed by atoms with Crippen LogP contribution in [0.1, 0.15) is 94.9 Å². The molecule has 0 nitrogen and oxygen atoms in total. The number of rotatable bonds is 8. The van der Waals surface area contributed by atoms with Gasteiger partial charge in [0.15, 0.2) is 0 Å². The van der Waals surface area contributed by atoms with Gasteiger partial charge in [-0.3, -0.25) is 0 Å². The van der Waals surface area contributed by atoms with Crippen molar-refractivity contribution in [2.24, 2.45) is 0 Å². The molecule has 1 aliphatic rings. The first-order chi connectivity index (χ1) is 21.3. The van der Waals surface area contributed by atoms with Gasteiger partial charge in [0.2, 0.25) is 0 Å². The van der Waals surface area contributed by atoms with Crippen LogP contribution in [0.4, 0.5) is 0 Å². The molecule has 0 saturated carbocycles. The number of aryl methyl sites for hydroxylation is 2. The van der Waals surface area contributed by atoms with Crippen LogP contribution in [-0.4, -0.2) is 9.52 Å². The van der Waals surface area contributed by atoms with Gasteiger partial charge in [0, 0.05) is 0 Å².